The highest BCUT2D eigenvalue weighted by atomic mass is 19.1. The van der Waals surface area contributed by atoms with Crippen molar-refractivity contribution in [1.29, 1.82) is 0 Å². The van der Waals surface area contributed by atoms with Gasteiger partial charge in [-0.05, 0) is 76.5 Å². The van der Waals surface area contributed by atoms with Crippen LogP contribution in [0, 0.1) is 5.82 Å². The van der Waals surface area contributed by atoms with Crippen LogP contribution in [0.3, 0.4) is 0 Å². The molecular weight excluding hydrogens is 651 g/mol. The van der Waals surface area contributed by atoms with Gasteiger partial charge in [-0.2, -0.15) is 0 Å². The normalized spacial score (nSPS) is 19.2. The highest BCUT2D eigenvalue weighted by Gasteiger charge is 2.34. The van der Waals surface area contributed by atoms with Crippen LogP contribution >= 0.6 is 0 Å². The van der Waals surface area contributed by atoms with Gasteiger partial charge in [-0.15, -0.1) is 0 Å². The molecule has 0 aliphatic carbocycles. The second-order valence-electron chi connectivity index (χ2n) is 14.3. The van der Waals surface area contributed by atoms with E-state index in [4.69, 9.17) is 9.15 Å². The molecule has 6 heterocycles. The lowest BCUT2D eigenvalue weighted by Gasteiger charge is -2.29. The Morgan fingerprint density at radius 1 is 0.882 bits per heavy atom. The van der Waals surface area contributed by atoms with Gasteiger partial charge in [0, 0.05) is 55.3 Å². The number of carbonyl (C=O) groups excluding carboxylic acids is 2. The van der Waals surface area contributed by atoms with Gasteiger partial charge in [-0.1, -0.05) is 24.6 Å². The lowest BCUT2D eigenvalue weighted by molar-refractivity contribution is -0.123. The maximum Gasteiger partial charge on any atom is 0.256 e. The predicted octanol–water partition coefficient (Wildman–Crippen LogP) is 5.14. The van der Waals surface area contributed by atoms with Gasteiger partial charge in [-0.3, -0.25) is 19.3 Å². The van der Waals surface area contributed by atoms with Crippen molar-refractivity contribution < 1.29 is 23.1 Å². The topological polar surface area (TPSA) is 112 Å². The average Bonchev–Trinajstić information content (AvgIpc) is 3.90. The Bertz CT molecular complexity index is 2250. The van der Waals surface area contributed by atoms with Crippen LogP contribution in [-0.4, -0.2) is 91.1 Å². The summed E-state index contributed by atoms with van der Waals surface area (Å²) in [5.74, 6) is -0.485. The average molecular weight is 693 g/mol. The fourth-order valence-corrected chi connectivity index (χ4v) is 8.38. The molecule has 3 saturated heterocycles. The third-order valence-electron chi connectivity index (χ3n) is 10.9. The fraction of sp³-hybridized carbons (Fsp3) is 0.410. The molecule has 11 nitrogen and oxygen atoms in total. The second kappa shape index (κ2) is 13.0. The number of hydrogen-bond acceptors (Lipinski definition) is 8. The molecule has 2 aromatic heterocycles. The number of furan rings is 1. The quantitative estimate of drug-likeness (QED) is 0.226. The fourth-order valence-electron chi connectivity index (χ4n) is 8.38. The molecule has 2 N–H and O–H groups in total. The number of fused-ring (bicyclic) bond motifs is 5. The van der Waals surface area contributed by atoms with Gasteiger partial charge >= 0.3 is 0 Å². The maximum atomic E-state index is 16.5. The largest absolute Gasteiger partial charge is 0.456 e. The molecule has 12 heteroatoms. The Hall–Kier alpha value is -4.94. The number of amides is 2. The van der Waals surface area contributed by atoms with E-state index in [2.05, 4.69) is 20.4 Å². The van der Waals surface area contributed by atoms with Gasteiger partial charge in [0.25, 0.3) is 5.91 Å². The zero-order valence-electron chi connectivity index (χ0n) is 28.5. The third kappa shape index (κ3) is 5.80. The predicted molar refractivity (Wildman–Crippen MR) is 194 cm³/mol. The first-order valence-electron chi connectivity index (χ1n) is 18.2. The van der Waals surface area contributed by atoms with Gasteiger partial charge in [-0.25, -0.2) is 4.39 Å². The molecule has 3 fully saturated rings. The molecule has 1 atom stereocenters. The van der Waals surface area contributed by atoms with Crippen molar-refractivity contribution in [2.24, 2.45) is 0 Å². The Labute approximate surface area is 293 Å². The minimum Gasteiger partial charge on any atom is -0.456 e. The van der Waals surface area contributed by atoms with E-state index < -0.39 is 17.2 Å². The number of pyridine rings is 1. The Morgan fingerprint density at radius 3 is 2.51 bits per heavy atom. The molecule has 4 aliphatic heterocycles. The van der Waals surface area contributed by atoms with Crippen LogP contribution in [0.1, 0.15) is 48.9 Å². The first-order valence-corrected chi connectivity index (χ1v) is 18.2. The van der Waals surface area contributed by atoms with Crippen molar-refractivity contribution >= 4 is 50.3 Å². The van der Waals surface area contributed by atoms with Crippen molar-refractivity contribution in [3.63, 3.8) is 0 Å². The number of anilines is 1. The molecule has 2 amide bonds. The summed E-state index contributed by atoms with van der Waals surface area (Å²) in [6, 6.07) is 12.5. The minimum absolute atomic E-state index is 0.0225. The van der Waals surface area contributed by atoms with Crippen LogP contribution in [-0.2, 0) is 4.79 Å². The van der Waals surface area contributed by atoms with E-state index in [1.165, 1.54) is 12.5 Å². The molecule has 0 unspecified atom stereocenters. The van der Waals surface area contributed by atoms with Crippen LogP contribution in [0.4, 0.5) is 10.1 Å². The van der Waals surface area contributed by atoms with Crippen molar-refractivity contribution in [2.45, 2.75) is 44.6 Å². The Balaban J connectivity index is 1.10. The van der Waals surface area contributed by atoms with Crippen LogP contribution in [0.5, 0.6) is 11.5 Å². The zero-order chi connectivity index (χ0) is 34.6. The summed E-state index contributed by atoms with van der Waals surface area (Å²) in [6.07, 6.45) is 7.89. The summed E-state index contributed by atoms with van der Waals surface area (Å²) < 4.78 is 31.0. The molecule has 264 valence electrons. The van der Waals surface area contributed by atoms with Gasteiger partial charge in [0.15, 0.2) is 17.3 Å². The molecule has 3 aromatic carbocycles. The van der Waals surface area contributed by atoms with E-state index in [0.717, 1.165) is 62.6 Å². The van der Waals surface area contributed by atoms with Gasteiger partial charge in [0.1, 0.15) is 27.9 Å². The van der Waals surface area contributed by atoms with Crippen LogP contribution in [0.2, 0.25) is 0 Å². The van der Waals surface area contributed by atoms with Crippen LogP contribution in [0.25, 0.3) is 38.5 Å². The number of ether oxygens (including phenoxy) is 1. The highest BCUT2D eigenvalue weighted by Crippen LogP contribution is 2.49. The van der Waals surface area contributed by atoms with E-state index in [9.17, 15) is 14.4 Å². The number of carbonyl (C=O) groups is 2. The van der Waals surface area contributed by atoms with Gasteiger partial charge < -0.3 is 34.2 Å². The van der Waals surface area contributed by atoms with Crippen LogP contribution < -0.4 is 25.7 Å². The van der Waals surface area contributed by atoms with Crippen LogP contribution in [0.15, 0.2) is 57.9 Å². The molecule has 0 saturated carbocycles. The van der Waals surface area contributed by atoms with Crippen molar-refractivity contribution in [3.05, 3.63) is 70.3 Å². The zero-order valence-corrected chi connectivity index (χ0v) is 28.5. The summed E-state index contributed by atoms with van der Waals surface area (Å²) >= 11 is 0. The number of benzene rings is 3. The van der Waals surface area contributed by atoms with E-state index in [1.807, 2.05) is 41.3 Å². The number of halogens is 1. The molecule has 0 radical (unpaired) electrons. The monoisotopic (exact) mass is 692 g/mol. The highest BCUT2D eigenvalue weighted by molar-refractivity contribution is 6.07. The van der Waals surface area contributed by atoms with Crippen molar-refractivity contribution in [2.75, 3.05) is 63.8 Å². The van der Waals surface area contributed by atoms with E-state index in [1.54, 1.807) is 10.8 Å². The molecule has 0 spiro atoms. The number of hydrogen-bond donors (Lipinski definition) is 2. The lowest BCUT2D eigenvalue weighted by Crippen LogP contribution is -2.44. The standard InChI is InChI=1S/C39H41FN6O5/c40-29-18-27-35-38(36(29)45-16-10-24(21-45)42-34(47)23-44-14-4-1-5-15-44)51-33-19-26-25-8-2-3-9-31(25)50-32(26)20-30(33)46(35)22-28(37(27)48)39(49)41-11-17-43-12-6-7-13-43/h2-3,8-9,18-20,22,24H,1,4-7,10-17,21,23H2,(H,41,49)(H,42,47)/t24-/m1/s1. The molecule has 5 aromatic rings. The summed E-state index contributed by atoms with van der Waals surface area (Å²) in [5.41, 5.74) is 1.89. The second-order valence-corrected chi connectivity index (χ2v) is 14.3. The first-order chi connectivity index (χ1) is 24.9. The van der Waals surface area contributed by atoms with Gasteiger partial charge in [0.05, 0.1) is 17.6 Å². The molecule has 4 aliphatic rings. The molecule has 9 rings (SSSR count). The Kier molecular flexibility index (Phi) is 8.15. The Morgan fingerprint density at radius 2 is 1.67 bits per heavy atom. The lowest BCUT2D eigenvalue weighted by atomic mass is 10.0. The smallest absolute Gasteiger partial charge is 0.256 e. The first kappa shape index (κ1) is 32.0. The number of nitrogens with one attached hydrogen (secondary N) is 2. The number of likely N-dealkylation sites (tertiary alicyclic amines) is 2. The van der Waals surface area contributed by atoms with E-state index in [-0.39, 0.29) is 34.3 Å². The number of rotatable bonds is 8. The molecule has 51 heavy (non-hydrogen) atoms. The maximum absolute atomic E-state index is 16.5. The third-order valence-corrected chi connectivity index (χ3v) is 10.9. The summed E-state index contributed by atoms with van der Waals surface area (Å²) in [4.78, 5) is 46.9. The molecule has 0 bridgehead atoms. The van der Waals surface area contributed by atoms with E-state index in [0.29, 0.717) is 67.3 Å². The van der Waals surface area contributed by atoms with Gasteiger partial charge in [0.2, 0.25) is 11.3 Å². The van der Waals surface area contributed by atoms with Crippen molar-refractivity contribution in [3.8, 4) is 17.2 Å². The number of aromatic nitrogens is 1. The van der Waals surface area contributed by atoms with Crippen molar-refractivity contribution in [1.82, 2.24) is 25.0 Å². The molecular formula is C39H41FN6O5. The number of para-hydroxylation sites is 1. The van der Waals surface area contributed by atoms with E-state index >= 15 is 4.39 Å². The number of piperidine rings is 1. The summed E-state index contributed by atoms with van der Waals surface area (Å²) in [7, 11) is 0. The SMILES string of the molecule is O=C(CN1CCCCC1)N[C@@H]1CCN(c2c(F)cc3c(=O)c(C(=O)NCCN4CCCC4)cn4c3c2Oc2cc3c(cc2-4)oc2ccccc23)C1. The summed E-state index contributed by atoms with van der Waals surface area (Å²) in [5, 5.41) is 7.88. The summed E-state index contributed by atoms with van der Waals surface area (Å²) in [6.45, 7) is 6.21. The minimum atomic E-state index is -0.619. The number of nitrogens with zero attached hydrogens (tertiary/aromatic N) is 4.